The van der Waals surface area contributed by atoms with Gasteiger partial charge in [0.25, 0.3) is 5.76 Å². The van der Waals surface area contributed by atoms with Crippen molar-refractivity contribution in [2.75, 3.05) is 7.11 Å². The molecule has 0 spiro atoms. The summed E-state index contributed by atoms with van der Waals surface area (Å²) < 4.78 is 62.3. The lowest BCUT2D eigenvalue weighted by molar-refractivity contribution is -0.154. The van der Waals surface area contributed by atoms with Crippen LogP contribution >= 0.6 is 0 Å². The summed E-state index contributed by atoms with van der Waals surface area (Å²) in [5.74, 6) is -1.67. The van der Waals surface area contributed by atoms with Crippen LogP contribution in [-0.2, 0) is 12.8 Å². The molecule has 0 N–H and O–H groups in total. The van der Waals surface area contributed by atoms with E-state index in [4.69, 9.17) is 18.6 Å². The molecule has 0 fully saturated rings. The molecule has 3 aromatic carbocycles. The number of benzene rings is 3. The van der Waals surface area contributed by atoms with E-state index in [9.17, 15) is 18.0 Å². The molecule has 0 unspecified atom stereocenters. The zero-order valence-corrected chi connectivity index (χ0v) is 17.7. The molecule has 0 saturated carbocycles. The minimum Gasteiger partial charge on any atom is -0.497 e. The summed E-state index contributed by atoms with van der Waals surface area (Å²) in [7, 11) is 1.45. The number of hydrogen-bond acceptors (Lipinski definition) is 5. The molecule has 0 aliphatic carbocycles. The number of alkyl halides is 3. The quantitative estimate of drug-likeness (QED) is 0.332. The normalized spacial score (nSPS) is 11.4. The predicted octanol–water partition coefficient (Wildman–Crippen LogP) is 6.50. The SMILES string of the molecule is COc1ccc(Oc2c(C(F)(F)F)oc3cc(OCc4cccc(C)c4)ccc3c2=O)cc1. The van der Waals surface area contributed by atoms with Crippen LogP contribution in [-0.4, -0.2) is 7.11 Å². The smallest absolute Gasteiger partial charge is 0.453 e. The summed E-state index contributed by atoms with van der Waals surface area (Å²) in [5.41, 5.74) is 0.761. The average molecular weight is 456 g/mol. The van der Waals surface area contributed by atoms with Gasteiger partial charge in [0.15, 0.2) is 0 Å². The Kier molecular flexibility index (Phi) is 6.00. The van der Waals surface area contributed by atoms with Crippen molar-refractivity contribution < 1.29 is 31.8 Å². The predicted molar refractivity (Wildman–Crippen MR) is 116 cm³/mol. The van der Waals surface area contributed by atoms with Crippen molar-refractivity contribution in [3.63, 3.8) is 0 Å². The molecule has 4 aromatic rings. The first-order valence-electron chi connectivity index (χ1n) is 9.93. The van der Waals surface area contributed by atoms with Crippen LogP contribution in [0.1, 0.15) is 16.9 Å². The lowest BCUT2D eigenvalue weighted by atomic mass is 10.1. The fraction of sp³-hybridized carbons (Fsp3) is 0.160. The lowest BCUT2D eigenvalue weighted by Gasteiger charge is -2.14. The highest BCUT2D eigenvalue weighted by atomic mass is 19.4. The molecule has 170 valence electrons. The number of halogens is 3. The number of hydrogen-bond donors (Lipinski definition) is 0. The van der Waals surface area contributed by atoms with Gasteiger partial charge in [0, 0.05) is 6.07 Å². The van der Waals surface area contributed by atoms with E-state index >= 15 is 0 Å². The van der Waals surface area contributed by atoms with Crippen LogP contribution in [0.15, 0.2) is 75.9 Å². The summed E-state index contributed by atoms with van der Waals surface area (Å²) in [5, 5.41) is -0.0607. The average Bonchev–Trinajstić information content (AvgIpc) is 2.79. The molecule has 0 bridgehead atoms. The van der Waals surface area contributed by atoms with Gasteiger partial charge in [0.05, 0.1) is 12.5 Å². The molecule has 4 rings (SSSR count). The maximum absolute atomic E-state index is 13.7. The molecule has 0 aliphatic heterocycles. The molecule has 0 aliphatic rings. The van der Waals surface area contributed by atoms with E-state index in [-0.39, 0.29) is 29.1 Å². The molecule has 0 amide bonds. The van der Waals surface area contributed by atoms with Crippen LogP contribution in [0.5, 0.6) is 23.0 Å². The van der Waals surface area contributed by atoms with Crippen LogP contribution in [0.2, 0.25) is 0 Å². The molecule has 0 saturated heterocycles. The third-order valence-corrected chi connectivity index (χ3v) is 4.85. The standard InChI is InChI=1S/C25H19F3O5/c1-15-4-3-5-16(12-15)14-31-19-10-11-20-21(13-19)33-24(25(26,27)28)23(22(20)29)32-18-8-6-17(30-2)7-9-18/h3-13H,14H2,1-2H3. The maximum atomic E-state index is 13.7. The van der Waals surface area contributed by atoms with Crippen molar-refractivity contribution >= 4 is 11.0 Å². The van der Waals surface area contributed by atoms with Crippen molar-refractivity contribution in [2.24, 2.45) is 0 Å². The molecular weight excluding hydrogens is 437 g/mol. The number of rotatable bonds is 6. The summed E-state index contributed by atoms with van der Waals surface area (Å²) in [4.78, 5) is 12.9. The topological polar surface area (TPSA) is 57.9 Å². The van der Waals surface area contributed by atoms with Gasteiger partial charge < -0.3 is 18.6 Å². The van der Waals surface area contributed by atoms with Crippen molar-refractivity contribution in [2.45, 2.75) is 19.7 Å². The fourth-order valence-corrected chi connectivity index (χ4v) is 3.26. The molecule has 33 heavy (non-hydrogen) atoms. The van der Waals surface area contributed by atoms with Crippen molar-refractivity contribution in [1.29, 1.82) is 0 Å². The first-order chi connectivity index (χ1) is 15.7. The van der Waals surface area contributed by atoms with Crippen LogP contribution in [0.4, 0.5) is 13.2 Å². The van der Waals surface area contributed by atoms with Gasteiger partial charge in [-0.05, 0) is 48.9 Å². The Balaban J connectivity index is 1.70. The van der Waals surface area contributed by atoms with Gasteiger partial charge in [-0.1, -0.05) is 29.8 Å². The minimum atomic E-state index is -4.95. The Labute approximate surface area is 186 Å². The number of aryl methyl sites for hydroxylation is 1. The zero-order chi connectivity index (χ0) is 23.6. The number of methoxy groups -OCH3 is 1. The van der Waals surface area contributed by atoms with Gasteiger partial charge >= 0.3 is 6.18 Å². The highest BCUT2D eigenvalue weighted by molar-refractivity contribution is 5.79. The van der Waals surface area contributed by atoms with Gasteiger partial charge in [-0.15, -0.1) is 0 Å². The largest absolute Gasteiger partial charge is 0.497 e. The van der Waals surface area contributed by atoms with E-state index in [0.29, 0.717) is 5.75 Å². The third kappa shape index (κ3) is 4.95. The Morgan fingerprint density at radius 1 is 0.909 bits per heavy atom. The molecule has 1 aromatic heterocycles. The number of fused-ring (bicyclic) bond motifs is 1. The van der Waals surface area contributed by atoms with Crippen LogP contribution < -0.4 is 19.6 Å². The van der Waals surface area contributed by atoms with Gasteiger partial charge in [0.1, 0.15) is 29.4 Å². The molecule has 8 heteroatoms. The molecule has 5 nitrogen and oxygen atoms in total. The second kappa shape index (κ2) is 8.90. The van der Waals surface area contributed by atoms with E-state index < -0.39 is 23.1 Å². The van der Waals surface area contributed by atoms with Crippen molar-refractivity contribution in [3.8, 4) is 23.0 Å². The summed E-state index contributed by atoms with van der Waals surface area (Å²) >= 11 is 0. The van der Waals surface area contributed by atoms with Gasteiger partial charge in [-0.25, -0.2) is 0 Å². The van der Waals surface area contributed by atoms with E-state index in [2.05, 4.69) is 0 Å². The summed E-state index contributed by atoms with van der Waals surface area (Å²) in [6.07, 6.45) is -4.95. The Morgan fingerprint density at radius 2 is 1.61 bits per heavy atom. The highest BCUT2D eigenvalue weighted by Gasteiger charge is 2.40. The molecule has 0 radical (unpaired) electrons. The van der Waals surface area contributed by atoms with Crippen molar-refractivity contribution in [3.05, 3.63) is 93.8 Å². The van der Waals surface area contributed by atoms with Crippen LogP contribution in [0.3, 0.4) is 0 Å². The van der Waals surface area contributed by atoms with Crippen LogP contribution in [0.25, 0.3) is 11.0 Å². The molecule has 0 atom stereocenters. The summed E-state index contributed by atoms with van der Waals surface area (Å²) in [6.45, 7) is 2.15. The maximum Gasteiger partial charge on any atom is 0.453 e. The van der Waals surface area contributed by atoms with Crippen LogP contribution in [0, 0.1) is 6.92 Å². The first-order valence-corrected chi connectivity index (χ1v) is 9.93. The Bertz CT molecular complexity index is 1340. The number of ether oxygens (including phenoxy) is 3. The highest BCUT2D eigenvalue weighted by Crippen LogP contribution is 2.39. The van der Waals surface area contributed by atoms with Gasteiger partial charge in [-0.2, -0.15) is 13.2 Å². The molecular formula is C25H19F3O5. The van der Waals surface area contributed by atoms with E-state index in [1.165, 1.54) is 49.6 Å². The van der Waals surface area contributed by atoms with E-state index in [0.717, 1.165) is 11.1 Å². The van der Waals surface area contributed by atoms with Gasteiger partial charge in [0.2, 0.25) is 11.2 Å². The second-order valence-corrected chi connectivity index (χ2v) is 7.30. The van der Waals surface area contributed by atoms with Crippen molar-refractivity contribution in [1.82, 2.24) is 0 Å². The van der Waals surface area contributed by atoms with Gasteiger partial charge in [-0.3, -0.25) is 4.79 Å². The second-order valence-electron chi connectivity index (χ2n) is 7.30. The monoisotopic (exact) mass is 456 g/mol. The molecule has 1 heterocycles. The minimum absolute atomic E-state index is 0.0334. The Morgan fingerprint density at radius 3 is 2.27 bits per heavy atom. The van der Waals surface area contributed by atoms with E-state index in [1.807, 2.05) is 31.2 Å². The van der Waals surface area contributed by atoms with E-state index in [1.54, 1.807) is 0 Å². The Hall–Kier alpha value is -3.94. The fourth-order valence-electron chi connectivity index (χ4n) is 3.26. The lowest BCUT2D eigenvalue weighted by Crippen LogP contribution is -2.15. The third-order valence-electron chi connectivity index (χ3n) is 4.85. The summed E-state index contributed by atoms with van der Waals surface area (Å²) in [6, 6.07) is 17.5. The zero-order valence-electron chi connectivity index (χ0n) is 17.7. The first kappa shape index (κ1) is 22.3.